The zero-order valence-corrected chi connectivity index (χ0v) is 19.9. The third kappa shape index (κ3) is 5.13. The molecule has 158 valence electrons. The number of halogens is 3. The largest absolute Gasteiger partial charge is 0.229 e. The third-order valence-corrected chi connectivity index (χ3v) is 8.01. The van der Waals surface area contributed by atoms with Crippen LogP contribution in [0.5, 0.6) is 0 Å². The number of hydrogen-bond acceptors (Lipinski definition) is 5. The van der Waals surface area contributed by atoms with Crippen molar-refractivity contribution in [2.45, 2.75) is 14.1 Å². The van der Waals surface area contributed by atoms with E-state index in [9.17, 15) is 12.8 Å². The first-order valence-electron chi connectivity index (χ1n) is 8.91. The lowest BCUT2D eigenvalue weighted by Gasteiger charge is -2.08. The van der Waals surface area contributed by atoms with Crippen molar-refractivity contribution in [3.05, 3.63) is 82.6 Å². The van der Waals surface area contributed by atoms with E-state index in [2.05, 4.69) is 0 Å². The molecule has 0 saturated heterocycles. The molecule has 0 fully saturated rings. The van der Waals surface area contributed by atoms with Gasteiger partial charge in [0.25, 0.3) is 0 Å². The maximum atomic E-state index is 13.5. The molecule has 9 heteroatoms. The molecule has 4 rings (SSSR count). The minimum atomic E-state index is -3.47. The summed E-state index contributed by atoms with van der Waals surface area (Å²) in [7, 11) is -3.47. The van der Waals surface area contributed by atoms with E-state index in [1.807, 2.05) is 0 Å². The van der Waals surface area contributed by atoms with Crippen LogP contribution in [0.3, 0.4) is 0 Å². The Kier molecular flexibility index (Phi) is 6.42. The van der Waals surface area contributed by atoms with Crippen molar-refractivity contribution in [1.29, 1.82) is 0 Å². The minimum Gasteiger partial charge on any atom is -0.229 e. The number of hydrogen-bond donors (Lipinski definition) is 0. The highest BCUT2D eigenvalue weighted by Crippen LogP contribution is 2.44. The van der Waals surface area contributed by atoms with Crippen LogP contribution in [0, 0.1) is 5.82 Å². The Morgan fingerprint density at radius 3 is 2.26 bits per heavy atom. The van der Waals surface area contributed by atoms with Gasteiger partial charge in [-0.3, -0.25) is 0 Å². The van der Waals surface area contributed by atoms with Gasteiger partial charge in [0.1, 0.15) is 5.82 Å². The molecule has 3 nitrogen and oxygen atoms in total. The summed E-state index contributed by atoms with van der Waals surface area (Å²) in [6.45, 7) is 0. The normalized spacial score (nSPS) is 11.6. The first kappa shape index (κ1) is 22.3. The van der Waals surface area contributed by atoms with Crippen molar-refractivity contribution in [3.8, 4) is 21.7 Å². The minimum absolute atomic E-state index is 0.212. The molecule has 0 N–H and O–H groups in total. The summed E-state index contributed by atoms with van der Waals surface area (Å²) in [5, 5.41) is 1.01. The number of thiazole rings is 1. The van der Waals surface area contributed by atoms with Crippen LogP contribution in [0.15, 0.2) is 80.9 Å². The van der Waals surface area contributed by atoms with Crippen molar-refractivity contribution in [3.63, 3.8) is 0 Å². The predicted octanol–water partition coefficient (Wildman–Crippen LogP) is 7.48. The number of benzene rings is 3. The number of nitrogens with zero attached hydrogens (tertiary/aromatic N) is 1. The highest BCUT2D eigenvalue weighted by Gasteiger charge is 2.22. The van der Waals surface area contributed by atoms with E-state index in [0.717, 1.165) is 4.90 Å². The highest BCUT2D eigenvalue weighted by atomic mass is 35.5. The summed E-state index contributed by atoms with van der Waals surface area (Å²) < 4.78 is 38.9. The van der Waals surface area contributed by atoms with E-state index < -0.39 is 9.84 Å². The van der Waals surface area contributed by atoms with Crippen LogP contribution in [0.25, 0.3) is 21.7 Å². The Labute approximate surface area is 197 Å². The van der Waals surface area contributed by atoms with Gasteiger partial charge in [0.2, 0.25) is 0 Å². The molecule has 0 saturated carbocycles. The van der Waals surface area contributed by atoms with Gasteiger partial charge in [-0.25, -0.2) is 17.8 Å². The van der Waals surface area contributed by atoms with Gasteiger partial charge in [0, 0.05) is 32.3 Å². The predicted molar refractivity (Wildman–Crippen MR) is 127 cm³/mol. The first-order chi connectivity index (χ1) is 14.7. The van der Waals surface area contributed by atoms with Gasteiger partial charge < -0.3 is 0 Å². The maximum absolute atomic E-state index is 13.5. The lowest BCUT2D eigenvalue weighted by molar-refractivity contribution is 0.602. The maximum Gasteiger partial charge on any atom is 0.176 e. The Balaban J connectivity index is 1.89. The summed E-state index contributed by atoms with van der Waals surface area (Å²) in [6, 6.07) is 17.9. The molecule has 0 aliphatic rings. The summed E-state index contributed by atoms with van der Waals surface area (Å²) in [5.74, 6) is -0.361. The van der Waals surface area contributed by atoms with E-state index in [0.29, 0.717) is 36.1 Å². The molecular weight excluding hydrogens is 496 g/mol. The van der Waals surface area contributed by atoms with Crippen LogP contribution in [0.2, 0.25) is 10.0 Å². The molecule has 4 aromatic rings. The standard InChI is InChI=1S/C22H14Cl2FNO2S3/c1-31(27,28)19-5-3-2-4-18(19)21-20(13-6-8-16(25)9-7-13)26-22(30-21)29-17-11-14(23)10-15(24)12-17/h2-12H,1H3. The van der Waals surface area contributed by atoms with Crippen LogP contribution in [-0.4, -0.2) is 19.7 Å². The molecule has 0 unspecified atom stereocenters. The Bertz CT molecular complexity index is 1350. The molecule has 0 aliphatic carbocycles. The average molecular weight is 510 g/mol. The first-order valence-corrected chi connectivity index (χ1v) is 13.2. The van der Waals surface area contributed by atoms with Gasteiger partial charge in [-0.1, -0.05) is 53.2 Å². The molecule has 31 heavy (non-hydrogen) atoms. The van der Waals surface area contributed by atoms with Crippen LogP contribution in [-0.2, 0) is 9.84 Å². The number of aromatic nitrogens is 1. The van der Waals surface area contributed by atoms with Gasteiger partial charge in [-0.2, -0.15) is 0 Å². The zero-order chi connectivity index (χ0) is 22.2. The molecule has 1 heterocycles. The van der Waals surface area contributed by atoms with Crippen LogP contribution in [0.1, 0.15) is 0 Å². The second kappa shape index (κ2) is 8.92. The average Bonchev–Trinajstić information content (AvgIpc) is 3.10. The molecule has 3 aromatic carbocycles. The third-order valence-electron chi connectivity index (χ3n) is 4.30. The summed E-state index contributed by atoms with van der Waals surface area (Å²) in [4.78, 5) is 6.44. The summed E-state index contributed by atoms with van der Waals surface area (Å²) in [5.41, 5.74) is 1.82. The SMILES string of the molecule is CS(=O)(=O)c1ccccc1-c1sc(Sc2cc(Cl)cc(Cl)c2)nc1-c1ccc(F)cc1. The van der Waals surface area contributed by atoms with E-state index in [4.69, 9.17) is 28.2 Å². The molecule has 0 spiro atoms. The molecule has 0 amide bonds. The van der Waals surface area contributed by atoms with E-state index in [-0.39, 0.29) is 10.7 Å². The lowest BCUT2D eigenvalue weighted by Crippen LogP contribution is -1.99. The quantitative estimate of drug-likeness (QED) is 0.279. The Morgan fingerprint density at radius 2 is 1.61 bits per heavy atom. The van der Waals surface area contributed by atoms with Crippen molar-refractivity contribution < 1.29 is 12.8 Å². The summed E-state index contributed by atoms with van der Waals surface area (Å²) in [6.07, 6.45) is 1.17. The van der Waals surface area contributed by atoms with Gasteiger partial charge in [-0.05, 0) is 48.5 Å². The van der Waals surface area contributed by atoms with E-state index in [1.54, 1.807) is 54.6 Å². The Morgan fingerprint density at radius 1 is 0.968 bits per heavy atom. The van der Waals surface area contributed by atoms with E-state index >= 15 is 0 Å². The highest BCUT2D eigenvalue weighted by molar-refractivity contribution is 8.01. The molecule has 1 aromatic heterocycles. The van der Waals surface area contributed by atoms with Gasteiger partial charge in [-0.15, -0.1) is 11.3 Å². The Hall–Kier alpha value is -1.90. The molecular formula is C22H14Cl2FNO2S3. The molecule has 0 bridgehead atoms. The van der Waals surface area contributed by atoms with Crippen LogP contribution in [0.4, 0.5) is 4.39 Å². The molecule has 0 atom stereocenters. The van der Waals surface area contributed by atoms with E-state index in [1.165, 1.54) is 41.5 Å². The zero-order valence-electron chi connectivity index (χ0n) is 16.0. The van der Waals surface area contributed by atoms with Crippen molar-refractivity contribution in [2.75, 3.05) is 6.26 Å². The van der Waals surface area contributed by atoms with Crippen molar-refractivity contribution in [1.82, 2.24) is 4.98 Å². The van der Waals surface area contributed by atoms with Crippen LogP contribution >= 0.6 is 46.3 Å². The van der Waals surface area contributed by atoms with Crippen molar-refractivity contribution >= 4 is 56.1 Å². The number of rotatable bonds is 5. The van der Waals surface area contributed by atoms with Gasteiger partial charge >= 0.3 is 0 Å². The second-order valence-electron chi connectivity index (χ2n) is 6.64. The monoisotopic (exact) mass is 509 g/mol. The van der Waals surface area contributed by atoms with Gasteiger partial charge in [0.15, 0.2) is 14.2 Å². The molecule has 0 radical (unpaired) electrons. The molecule has 0 aliphatic heterocycles. The van der Waals surface area contributed by atoms with Crippen molar-refractivity contribution in [2.24, 2.45) is 0 Å². The fourth-order valence-electron chi connectivity index (χ4n) is 3.00. The summed E-state index contributed by atoms with van der Waals surface area (Å²) >= 11 is 15.0. The second-order valence-corrected chi connectivity index (χ2v) is 11.8. The number of sulfone groups is 1. The topological polar surface area (TPSA) is 47.0 Å². The fourth-order valence-corrected chi connectivity index (χ4v) is 6.89. The van der Waals surface area contributed by atoms with Crippen LogP contribution < -0.4 is 0 Å². The van der Waals surface area contributed by atoms with Gasteiger partial charge in [0.05, 0.1) is 15.5 Å². The smallest absolute Gasteiger partial charge is 0.176 e. The lowest BCUT2D eigenvalue weighted by atomic mass is 10.1. The fraction of sp³-hybridized carbons (Fsp3) is 0.0455.